The molecule has 1 aromatic heterocycles. The Morgan fingerprint density at radius 2 is 1.95 bits per heavy atom. The van der Waals surface area contributed by atoms with Crippen molar-refractivity contribution in [3.8, 4) is 11.5 Å². The van der Waals surface area contributed by atoms with Gasteiger partial charge in [0.05, 0.1) is 16.2 Å². The van der Waals surface area contributed by atoms with Crippen LogP contribution in [0.1, 0.15) is 5.69 Å². The highest BCUT2D eigenvalue weighted by molar-refractivity contribution is 6.35. The number of hydrogen-bond donors (Lipinski definition) is 2. The van der Waals surface area contributed by atoms with E-state index in [0.717, 1.165) is 16.6 Å². The van der Waals surface area contributed by atoms with E-state index in [0.29, 0.717) is 17.4 Å². The Labute approximate surface area is 115 Å². The molecular weight excluding hydrogens is 262 g/mol. The van der Waals surface area contributed by atoms with Gasteiger partial charge in [0, 0.05) is 5.39 Å². The monoisotopic (exact) mass is 273 g/mol. The zero-order valence-electron chi connectivity index (χ0n) is 10.1. The molecule has 0 bridgehead atoms. The van der Waals surface area contributed by atoms with E-state index in [1.807, 2.05) is 30.3 Å². The second kappa shape index (κ2) is 4.86. The van der Waals surface area contributed by atoms with Crippen LogP contribution in [0.4, 0.5) is 0 Å². The largest absolute Gasteiger partial charge is 0.504 e. The first kappa shape index (κ1) is 11.9. The van der Waals surface area contributed by atoms with Crippen molar-refractivity contribution in [2.24, 2.45) is 0 Å². The van der Waals surface area contributed by atoms with Gasteiger partial charge >= 0.3 is 0 Å². The Kier molecular flexibility index (Phi) is 3.05. The quantitative estimate of drug-likeness (QED) is 0.754. The van der Waals surface area contributed by atoms with Crippen LogP contribution in [0.3, 0.4) is 0 Å². The smallest absolute Gasteiger partial charge is 0.161 e. The van der Waals surface area contributed by atoms with Crippen molar-refractivity contribution >= 4 is 22.5 Å². The molecule has 4 heteroatoms. The fourth-order valence-corrected chi connectivity index (χ4v) is 2.22. The van der Waals surface area contributed by atoms with Crippen molar-refractivity contribution < 1.29 is 9.84 Å². The summed E-state index contributed by atoms with van der Waals surface area (Å²) in [7, 11) is 0. The summed E-state index contributed by atoms with van der Waals surface area (Å²) >= 11 is 6.10. The fraction of sp³-hybridized carbons (Fsp3) is 0.0667. The number of aromatic nitrogens is 1. The molecular formula is C15H12ClNO2. The number of para-hydroxylation sites is 3. The molecule has 3 nitrogen and oxygen atoms in total. The lowest BCUT2D eigenvalue weighted by Crippen LogP contribution is -1.95. The Morgan fingerprint density at radius 1 is 1.11 bits per heavy atom. The minimum absolute atomic E-state index is 0.136. The summed E-state index contributed by atoms with van der Waals surface area (Å²) < 4.78 is 5.57. The number of H-pyrrole nitrogens is 1. The molecule has 2 aromatic carbocycles. The topological polar surface area (TPSA) is 45.2 Å². The molecule has 0 aliphatic rings. The predicted molar refractivity (Wildman–Crippen MR) is 75.7 cm³/mol. The van der Waals surface area contributed by atoms with Gasteiger partial charge in [0.15, 0.2) is 11.5 Å². The first-order valence-electron chi connectivity index (χ1n) is 5.91. The van der Waals surface area contributed by atoms with Gasteiger partial charge in [-0.25, -0.2) is 0 Å². The number of halogens is 1. The molecule has 96 valence electrons. The summed E-state index contributed by atoms with van der Waals surface area (Å²) in [4.78, 5) is 3.21. The Bertz CT molecular complexity index is 721. The van der Waals surface area contributed by atoms with Crippen molar-refractivity contribution in [3.05, 3.63) is 59.2 Å². The van der Waals surface area contributed by atoms with E-state index in [2.05, 4.69) is 4.98 Å². The van der Waals surface area contributed by atoms with Crippen LogP contribution in [0.15, 0.2) is 48.5 Å². The predicted octanol–water partition coefficient (Wildman–Crippen LogP) is 4.11. The van der Waals surface area contributed by atoms with E-state index < -0.39 is 0 Å². The number of hydrogen-bond acceptors (Lipinski definition) is 2. The molecule has 0 saturated heterocycles. The van der Waals surface area contributed by atoms with E-state index in [9.17, 15) is 5.11 Å². The molecule has 3 rings (SSSR count). The number of aromatic amines is 1. The van der Waals surface area contributed by atoms with Gasteiger partial charge in [-0.15, -0.1) is 0 Å². The maximum atomic E-state index is 9.62. The van der Waals surface area contributed by atoms with Crippen LogP contribution in [0.5, 0.6) is 11.5 Å². The second-order valence-corrected chi connectivity index (χ2v) is 4.66. The molecule has 0 atom stereocenters. The first-order chi connectivity index (χ1) is 9.24. The molecule has 0 fully saturated rings. The normalized spacial score (nSPS) is 10.8. The maximum absolute atomic E-state index is 9.62. The third-order valence-electron chi connectivity index (χ3n) is 2.91. The molecule has 0 spiro atoms. The number of fused-ring (bicyclic) bond motifs is 1. The van der Waals surface area contributed by atoms with E-state index in [4.69, 9.17) is 16.3 Å². The average Bonchev–Trinajstić information content (AvgIpc) is 2.82. The SMILES string of the molecule is Oc1ccccc1OCc1cc2cccc(Cl)c2[nH]1. The van der Waals surface area contributed by atoms with Crippen molar-refractivity contribution in [3.63, 3.8) is 0 Å². The molecule has 0 saturated carbocycles. The summed E-state index contributed by atoms with van der Waals surface area (Å²) in [6.45, 7) is 0.350. The lowest BCUT2D eigenvalue weighted by molar-refractivity contribution is 0.286. The lowest BCUT2D eigenvalue weighted by atomic mass is 10.2. The molecule has 0 aliphatic heterocycles. The van der Waals surface area contributed by atoms with Crippen molar-refractivity contribution in [2.45, 2.75) is 6.61 Å². The van der Waals surface area contributed by atoms with Gasteiger partial charge in [-0.3, -0.25) is 0 Å². The zero-order chi connectivity index (χ0) is 13.2. The number of rotatable bonds is 3. The summed E-state index contributed by atoms with van der Waals surface area (Å²) in [5.74, 6) is 0.601. The summed E-state index contributed by atoms with van der Waals surface area (Å²) in [5.41, 5.74) is 1.81. The van der Waals surface area contributed by atoms with Gasteiger partial charge in [0.2, 0.25) is 0 Å². The van der Waals surface area contributed by atoms with Crippen molar-refractivity contribution in [1.29, 1.82) is 0 Å². The zero-order valence-corrected chi connectivity index (χ0v) is 10.8. The van der Waals surface area contributed by atoms with E-state index >= 15 is 0 Å². The van der Waals surface area contributed by atoms with E-state index in [1.165, 1.54) is 0 Å². The number of nitrogens with one attached hydrogen (secondary N) is 1. The Hall–Kier alpha value is -2.13. The fourth-order valence-electron chi connectivity index (χ4n) is 1.99. The number of ether oxygens (including phenoxy) is 1. The van der Waals surface area contributed by atoms with E-state index in [-0.39, 0.29) is 5.75 Å². The molecule has 0 radical (unpaired) electrons. The molecule has 0 unspecified atom stereocenters. The highest BCUT2D eigenvalue weighted by Gasteiger charge is 2.06. The Morgan fingerprint density at radius 3 is 2.74 bits per heavy atom. The van der Waals surface area contributed by atoms with Crippen molar-refractivity contribution in [1.82, 2.24) is 4.98 Å². The van der Waals surface area contributed by atoms with Crippen LogP contribution in [0.25, 0.3) is 10.9 Å². The molecule has 0 amide bonds. The van der Waals surface area contributed by atoms with Crippen molar-refractivity contribution in [2.75, 3.05) is 0 Å². The van der Waals surface area contributed by atoms with Gasteiger partial charge in [-0.05, 0) is 24.3 Å². The van der Waals surface area contributed by atoms with Crippen LogP contribution in [0, 0.1) is 0 Å². The van der Waals surface area contributed by atoms with E-state index in [1.54, 1.807) is 18.2 Å². The number of benzene rings is 2. The molecule has 1 heterocycles. The van der Waals surface area contributed by atoms with Crippen LogP contribution in [-0.4, -0.2) is 10.1 Å². The highest BCUT2D eigenvalue weighted by Crippen LogP contribution is 2.27. The minimum atomic E-state index is 0.136. The van der Waals surface area contributed by atoms with Crippen LogP contribution >= 0.6 is 11.6 Å². The number of aromatic hydroxyl groups is 1. The third-order valence-corrected chi connectivity index (χ3v) is 3.22. The van der Waals surface area contributed by atoms with Crippen LogP contribution in [-0.2, 0) is 6.61 Å². The van der Waals surface area contributed by atoms with Crippen LogP contribution in [0.2, 0.25) is 5.02 Å². The lowest BCUT2D eigenvalue weighted by Gasteiger charge is -2.06. The number of phenolic OH excluding ortho intramolecular Hbond substituents is 1. The molecule has 2 N–H and O–H groups in total. The standard InChI is InChI=1S/C15H12ClNO2/c16-12-5-3-4-10-8-11(17-15(10)12)9-19-14-7-2-1-6-13(14)18/h1-8,17-18H,9H2. The van der Waals surface area contributed by atoms with Gasteiger partial charge in [0.25, 0.3) is 0 Å². The number of phenols is 1. The molecule has 19 heavy (non-hydrogen) atoms. The highest BCUT2D eigenvalue weighted by atomic mass is 35.5. The van der Waals surface area contributed by atoms with Gasteiger partial charge in [-0.2, -0.15) is 0 Å². The first-order valence-corrected chi connectivity index (χ1v) is 6.29. The molecule has 3 aromatic rings. The van der Waals surface area contributed by atoms with Crippen LogP contribution < -0.4 is 4.74 Å². The molecule has 0 aliphatic carbocycles. The average molecular weight is 274 g/mol. The maximum Gasteiger partial charge on any atom is 0.161 e. The summed E-state index contributed by atoms with van der Waals surface area (Å²) in [5, 5.41) is 11.3. The third kappa shape index (κ3) is 2.37. The van der Waals surface area contributed by atoms with Gasteiger partial charge < -0.3 is 14.8 Å². The van der Waals surface area contributed by atoms with Gasteiger partial charge in [-0.1, -0.05) is 35.9 Å². The minimum Gasteiger partial charge on any atom is -0.504 e. The Balaban J connectivity index is 1.83. The second-order valence-electron chi connectivity index (χ2n) is 4.26. The summed E-state index contributed by atoms with van der Waals surface area (Å²) in [6.07, 6.45) is 0. The van der Waals surface area contributed by atoms with Gasteiger partial charge in [0.1, 0.15) is 6.61 Å². The summed E-state index contributed by atoms with van der Waals surface area (Å²) in [6, 6.07) is 14.6.